The number of anilines is 2. The molecule has 0 aliphatic carbocycles. The van der Waals surface area contributed by atoms with Crippen molar-refractivity contribution in [2.75, 3.05) is 43.5 Å². The number of carbonyl (C=O) groups excluding carboxylic acids is 1. The van der Waals surface area contributed by atoms with E-state index in [0.29, 0.717) is 38.5 Å². The molecule has 0 unspecified atom stereocenters. The van der Waals surface area contributed by atoms with Crippen molar-refractivity contribution < 1.29 is 36.6 Å². The molecule has 242 valence electrons. The third kappa shape index (κ3) is 7.52. The van der Waals surface area contributed by atoms with Gasteiger partial charge >= 0.3 is 12.1 Å². The Morgan fingerprint density at radius 2 is 1.89 bits per heavy atom. The Bertz CT molecular complexity index is 1530. The highest BCUT2D eigenvalue weighted by atomic mass is 35.5. The molecule has 3 aromatic rings. The summed E-state index contributed by atoms with van der Waals surface area (Å²) in [7, 11) is 0. The smallest absolute Gasteiger partial charge is 0.429 e. The molecule has 45 heavy (non-hydrogen) atoms. The molecule has 14 heteroatoms. The molecule has 9 nitrogen and oxygen atoms in total. The van der Waals surface area contributed by atoms with E-state index >= 15 is 0 Å². The Balaban J connectivity index is 1.40. The molecule has 0 saturated carbocycles. The Labute approximate surface area is 263 Å². The number of hydrogen-bond acceptors (Lipinski definition) is 9. The first kappa shape index (κ1) is 32.6. The maximum Gasteiger partial charge on any atom is 0.429 e. The predicted octanol–water partition coefficient (Wildman–Crippen LogP) is 6.11. The number of ether oxygens (including phenoxy) is 3. The maximum absolute atomic E-state index is 14.6. The molecule has 0 amide bonds. The lowest BCUT2D eigenvalue weighted by Gasteiger charge is -2.39. The van der Waals surface area contributed by atoms with Crippen LogP contribution in [0.2, 0.25) is 5.02 Å². The number of nitrogens with one attached hydrogen (secondary N) is 1. The standard InChI is InChI=1S/C31H34ClF4N5O4/c1-3-43-21-12-18(11-20(33)14-21)23-13-19(32)5-6-22(23)27(31(34,35)36)45-26-15-25(39-29(37)40-26)41-9-7-30(8-10-41)16-24(38-17-30)28(42)44-4-2/h5-6,11-15,24,27,38H,3-4,7-10,16-17H2,1-2H3,(H2,37,39,40)/t24-,27+/m0/s1. The van der Waals surface area contributed by atoms with E-state index in [4.69, 9.17) is 31.5 Å². The van der Waals surface area contributed by atoms with Crippen LogP contribution in [0.25, 0.3) is 11.1 Å². The SMILES string of the molecule is CCOC(=O)[C@@H]1CC2(CCN(c3cc(O[C@H](c4ccc(Cl)cc4-c4cc(F)cc(OCC)c4)C(F)(F)F)nc(N)n3)CC2)CN1. The van der Waals surface area contributed by atoms with Crippen LogP contribution in [0.4, 0.5) is 29.3 Å². The summed E-state index contributed by atoms with van der Waals surface area (Å²) in [6.45, 7) is 5.77. The van der Waals surface area contributed by atoms with E-state index in [-0.39, 0.29) is 63.3 Å². The van der Waals surface area contributed by atoms with E-state index in [9.17, 15) is 22.4 Å². The van der Waals surface area contributed by atoms with Gasteiger partial charge < -0.3 is 30.2 Å². The highest BCUT2D eigenvalue weighted by Gasteiger charge is 2.46. The predicted molar refractivity (Wildman–Crippen MR) is 161 cm³/mol. The van der Waals surface area contributed by atoms with Crippen molar-refractivity contribution >= 4 is 29.3 Å². The number of hydrogen-bond donors (Lipinski definition) is 2. The number of nitrogen functional groups attached to an aromatic ring is 1. The second kappa shape index (κ2) is 13.3. The van der Waals surface area contributed by atoms with Crippen LogP contribution in [0.5, 0.6) is 11.6 Å². The average molecular weight is 652 g/mol. The minimum absolute atomic E-state index is 0.0140. The lowest BCUT2D eigenvalue weighted by atomic mass is 9.76. The van der Waals surface area contributed by atoms with Crippen LogP contribution in [0.15, 0.2) is 42.5 Å². The number of aromatic nitrogens is 2. The highest BCUT2D eigenvalue weighted by Crippen LogP contribution is 2.44. The van der Waals surface area contributed by atoms with Crippen molar-refractivity contribution in [2.45, 2.75) is 51.4 Å². The third-order valence-corrected chi connectivity index (χ3v) is 8.35. The second-order valence-corrected chi connectivity index (χ2v) is 11.6. The van der Waals surface area contributed by atoms with Crippen molar-refractivity contribution in [3.8, 4) is 22.8 Å². The van der Waals surface area contributed by atoms with Crippen LogP contribution in [0.1, 0.15) is 44.8 Å². The van der Waals surface area contributed by atoms with Crippen LogP contribution in [-0.2, 0) is 9.53 Å². The van der Waals surface area contributed by atoms with Crippen LogP contribution < -0.4 is 25.4 Å². The van der Waals surface area contributed by atoms with E-state index in [2.05, 4.69) is 15.3 Å². The van der Waals surface area contributed by atoms with Crippen molar-refractivity contribution in [2.24, 2.45) is 5.41 Å². The zero-order valence-corrected chi connectivity index (χ0v) is 25.6. The summed E-state index contributed by atoms with van der Waals surface area (Å²) in [6, 6.07) is 8.46. The number of halogens is 5. The molecule has 2 atom stereocenters. The fourth-order valence-corrected chi connectivity index (χ4v) is 6.15. The lowest BCUT2D eigenvalue weighted by Crippen LogP contribution is -2.41. The van der Waals surface area contributed by atoms with E-state index in [1.807, 2.05) is 4.90 Å². The molecule has 2 aliphatic heterocycles. The van der Waals surface area contributed by atoms with Gasteiger partial charge in [0.25, 0.3) is 0 Å². The fourth-order valence-electron chi connectivity index (χ4n) is 5.97. The number of carbonyl (C=O) groups is 1. The number of nitrogens with two attached hydrogens (primary N) is 1. The molecule has 0 radical (unpaired) electrons. The number of rotatable bonds is 9. The topological polar surface area (TPSA) is 112 Å². The normalized spacial score (nSPS) is 18.6. The summed E-state index contributed by atoms with van der Waals surface area (Å²) >= 11 is 6.18. The van der Waals surface area contributed by atoms with Gasteiger partial charge in [0.2, 0.25) is 17.9 Å². The molecule has 0 bridgehead atoms. The van der Waals surface area contributed by atoms with Crippen molar-refractivity contribution in [1.82, 2.24) is 15.3 Å². The van der Waals surface area contributed by atoms with Gasteiger partial charge in [0.05, 0.1) is 13.2 Å². The van der Waals surface area contributed by atoms with E-state index in [1.165, 1.54) is 30.3 Å². The third-order valence-electron chi connectivity index (χ3n) is 8.11. The van der Waals surface area contributed by atoms with Gasteiger partial charge in [-0.1, -0.05) is 17.7 Å². The van der Waals surface area contributed by atoms with Crippen molar-refractivity contribution in [1.29, 1.82) is 0 Å². The number of alkyl halides is 3. The zero-order chi connectivity index (χ0) is 32.4. The Hall–Kier alpha value is -3.84. The van der Waals surface area contributed by atoms with Gasteiger partial charge in [0.1, 0.15) is 23.4 Å². The summed E-state index contributed by atoms with van der Waals surface area (Å²) in [4.78, 5) is 22.3. The summed E-state index contributed by atoms with van der Waals surface area (Å²) in [5.74, 6) is -1.10. The van der Waals surface area contributed by atoms with Gasteiger partial charge in [-0.25, -0.2) is 4.39 Å². The maximum atomic E-state index is 14.6. The molecule has 2 aromatic carbocycles. The van der Waals surface area contributed by atoms with Gasteiger partial charge in [-0.2, -0.15) is 23.1 Å². The average Bonchev–Trinajstić information content (AvgIpc) is 3.39. The quantitative estimate of drug-likeness (QED) is 0.209. The van der Waals surface area contributed by atoms with Crippen molar-refractivity contribution in [3.63, 3.8) is 0 Å². The highest BCUT2D eigenvalue weighted by molar-refractivity contribution is 6.30. The van der Waals surface area contributed by atoms with Gasteiger partial charge in [0, 0.05) is 42.4 Å². The Kier molecular flexibility index (Phi) is 9.59. The van der Waals surface area contributed by atoms with Crippen LogP contribution >= 0.6 is 11.6 Å². The zero-order valence-electron chi connectivity index (χ0n) is 24.8. The number of piperidine rings is 1. The minimum atomic E-state index is -4.90. The molecular formula is C31H34ClF4N5O4. The van der Waals surface area contributed by atoms with Crippen LogP contribution in [0, 0.1) is 11.2 Å². The molecule has 2 fully saturated rings. The van der Waals surface area contributed by atoms with Gasteiger partial charge in [-0.15, -0.1) is 0 Å². The number of nitrogens with zero attached hydrogens (tertiary/aromatic N) is 3. The molecule has 1 spiro atoms. The minimum Gasteiger partial charge on any atom is -0.494 e. The lowest BCUT2D eigenvalue weighted by molar-refractivity contribution is -0.198. The van der Waals surface area contributed by atoms with Gasteiger partial charge in [-0.3, -0.25) is 4.79 Å². The summed E-state index contributed by atoms with van der Waals surface area (Å²) in [6.07, 6.45) is -5.30. The van der Waals surface area contributed by atoms with E-state index < -0.39 is 18.1 Å². The Morgan fingerprint density at radius 3 is 2.58 bits per heavy atom. The molecule has 3 heterocycles. The summed E-state index contributed by atoms with van der Waals surface area (Å²) < 4.78 is 74.5. The fraction of sp³-hybridized carbons (Fsp3) is 0.452. The Morgan fingerprint density at radius 1 is 1.13 bits per heavy atom. The number of esters is 1. The molecule has 5 rings (SSSR count). The summed E-state index contributed by atoms with van der Waals surface area (Å²) in [5.41, 5.74) is 5.68. The monoisotopic (exact) mass is 651 g/mol. The molecule has 2 saturated heterocycles. The van der Waals surface area contributed by atoms with Crippen LogP contribution in [-0.4, -0.2) is 61.0 Å². The number of benzene rings is 2. The molecule has 2 aliphatic rings. The first-order chi connectivity index (χ1) is 21.4. The molecular weight excluding hydrogens is 618 g/mol. The molecule has 3 N–H and O–H groups in total. The van der Waals surface area contributed by atoms with Gasteiger partial charge in [0.15, 0.2) is 0 Å². The summed E-state index contributed by atoms with van der Waals surface area (Å²) in [5, 5.41) is 3.41. The first-order valence-electron chi connectivity index (χ1n) is 14.7. The first-order valence-corrected chi connectivity index (χ1v) is 15.0. The van der Waals surface area contributed by atoms with E-state index in [0.717, 1.165) is 25.0 Å². The largest absolute Gasteiger partial charge is 0.494 e. The second-order valence-electron chi connectivity index (χ2n) is 11.2. The van der Waals surface area contributed by atoms with Gasteiger partial charge in [-0.05, 0) is 73.9 Å². The van der Waals surface area contributed by atoms with Crippen molar-refractivity contribution in [3.05, 3.63) is 58.9 Å². The molecule has 1 aromatic heterocycles. The van der Waals surface area contributed by atoms with E-state index in [1.54, 1.807) is 13.8 Å². The van der Waals surface area contributed by atoms with Crippen LogP contribution in [0.3, 0.4) is 0 Å².